The van der Waals surface area contributed by atoms with E-state index in [1.165, 1.54) is 0 Å². The quantitative estimate of drug-likeness (QED) is 0.552. The Morgan fingerprint density at radius 2 is 1.86 bits per heavy atom. The molecule has 0 aliphatic heterocycles. The smallest absolute Gasteiger partial charge is 0.268 e. The molecule has 0 bridgehead atoms. The average molecular weight is 212 g/mol. The van der Waals surface area contributed by atoms with Crippen molar-refractivity contribution in [3.63, 3.8) is 0 Å². The number of rotatable bonds is 4. The van der Waals surface area contributed by atoms with Crippen molar-refractivity contribution in [3.05, 3.63) is 24.3 Å². The summed E-state index contributed by atoms with van der Waals surface area (Å²) in [4.78, 5) is 0. The van der Waals surface area contributed by atoms with Gasteiger partial charge in [-0.1, -0.05) is 17.6 Å². The van der Waals surface area contributed by atoms with E-state index >= 15 is 0 Å². The Bertz CT molecular complexity index is 384. The SMILES string of the molecule is [B]c1ccc(OCCS(=O)(=O)O)cc1. The molecule has 1 aromatic carbocycles. The summed E-state index contributed by atoms with van der Waals surface area (Å²) in [5.74, 6) is 0.0973. The third-order valence-electron chi connectivity index (χ3n) is 1.49. The Hall–Kier alpha value is -1.01. The number of benzene rings is 1. The van der Waals surface area contributed by atoms with Gasteiger partial charge in [-0.25, -0.2) is 0 Å². The van der Waals surface area contributed by atoms with Gasteiger partial charge in [0.15, 0.2) is 0 Å². The van der Waals surface area contributed by atoms with Gasteiger partial charge >= 0.3 is 0 Å². The van der Waals surface area contributed by atoms with E-state index in [0.29, 0.717) is 11.2 Å². The highest BCUT2D eigenvalue weighted by atomic mass is 32.2. The minimum atomic E-state index is -3.95. The van der Waals surface area contributed by atoms with Crippen LogP contribution in [-0.4, -0.2) is 33.2 Å². The maximum absolute atomic E-state index is 10.3. The van der Waals surface area contributed by atoms with Crippen molar-refractivity contribution in [2.24, 2.45) is 0 Å². The molecule has 0 heterocycles. The molecule has 0 atom stereocenters. The van der Waals surface area contributed by atoms with Crippen LogP contribution in [0.1, 0.15) is 0 Å². The Morgan fingerprint density at radius 3 is 2.36 bits per heavy atom. The highest BCUT2D eigenvalue weighted by Crippen LogP contribution is 2.06. The van der Waals surface area contributed by atoms with Gasteiger partial charge in [-0.05, 0) is 12.1 Å². The van der Waals surface area contributed by atoms with E-state index in [1.807, 2.05) is 0 Å². The fraction of sp³-hybridized carbons (Fsp3) is 0.250. The molecule has 74 valence electrons. The first-order chi connectivity index (χ1) is 6.47. The van der Waals surface area contributed by atoms with Gasteiger partial charge in [0.1, 0.15) is 26.0 Å². The van der Waals surface area contributed by atoms with Crippen LogP contribution < -0.4 is 10.2 Å². The molecule has 0 amide bonds. The van der Waals surface area contributed by atoms with E-state index in [2.05, 4.69) is 0 Å². The van der Waals surface area contributed by atoms with E-state index in [-0.39, 0.29) is 6.61 Å². The van der Waals surface area contributed by atoms with Crippen molar-refractivity contribution in [3.8, 4) is 5.75 Å². The Morgan fingerprint density at radius 1 is 1.29 bits per heavy atom. The summed E-state index contributed by atoms with van der Waals surface area (Å²) in [6, 6.07) is 6.53. The summed E-state index contributed by atoms with van der Waals surface area (Å²) in [7, 11) is 1.48. The van der Waals surface area contributed by atoms with Crippen molar-refractivity contribution < 1.29 is 17.7 Å². The number of ether oxygens (including phenoxy) is 1. The van der Waals surface area contributed by atoms with Gasteiger partial charge in [0, 0.05) is 0 Å². The molecular weight excluding hydrogens is 203 g/mol. The van der Waals surface area contributed by atoms with Crippen LogP contribution in [0, 0.1) is 0 Å². The van der Waals surface area contributed by atoms with Crippen LogP contribution in [0.5, 0.6) is 5.75 Å². The second kappa shape index (κ2) is 4.48. The lowest BCUT2D eigenvalue weighted by Gasteiger charge is -2.04. The lowest BCUT2D eigenvalue weighted by Crippen LogP contribution is -2.12. The van der Waals surface area contributed by atoms with Gasteiger partial charge < -0.3 is 4.74 Å². The summed E-state index contributed by atoms with van der Waals surface area (Å²) in [6.45, 7) is -0.0806. The second-order valence-corrected chi connectivity index (χ2v) is 4.28. The molecule has 0 unspecified atom stereocenters. The van der Waals surface area contributed by atoms with Gasteiger partial charge in [0.05, 0.1) is 0 Å². The minimum Gasteiger partial charge on any atom is -0.492 e. The molecule has 0 aromatic heterocycles. The Balaban J connectivity index is 2.43. The lowest BCUT2D eigenvalue weighted by atomic mass is 9.97. The molecule has 0 saturated carbocycles. The van der Waals surface area contributed by atoms with Crippen molar-refractivity contribution in [1.29, 1.82) is 0 Å². The van der Waals surface area contributed by atoms with E-state index in [9.17, 15) is 8.42 Å². The topological polar surface area (TPSA) is 63.6 Å². The fourth-order valence-electron chi connectivity index (χ4n) is 0.829. The predicted molar refractivity (Wildman–Crippen MR) is 53.7 cm³/mol. The molecular formula is C8H9BO4S. The molecule has 1 N–H and O–H groups in total. The fourth-order valence-corrected chi connectivity index (χ4v) is 1.12. The molecule has 6 heteroatoms. The molecule has 0 aliphatic rings. The molecule has 2 radical (unpaired) electrons. The summed E-state index contributed by atoms with van der Waals surface area (Å²) in [5, 5.41) is 0. The number of hydrogen-bond acceptors (Lipinski definition) is 3. The monoisotopic (exact) mass is 212 g/mol. The molecule has 14 heavy (non-hydrogen) atoms. The van der Waals surface area contributed by atoms with Crippen LogP contribution in [0.4, 0.5) is 0 Å². The second-order valence-electron chi connectivity index (χ2n) is 2.70. The van der Waals surface area contributed by atoms with E-state index in [1.54, 1.807) is 24.3 Å². The molecule has 0 fully saturated rings. The first-order valence-corrected chi connectivity index (χ1v) is 5.52. The standard InChI is InChI=1S/C8H9BO4S/c9-7-1-3-8(4-2-7)13-5-6-14(10,11)12/h1-4H,5-6H2,(H,10,11,12). The van der Waals surface area contributed by atoms with E-state index < -0.39 is 15.9 Å². The largest absolute Gasteiger partial charge is 0.492 e. The van der Waals surface area contributed by atoms with Gasteiger partial charge in [-0.15, -0.1) is 0 Å². The van der Waals surface area contributed by atoms with Crippen LogP contribution in [0.2, 0.25) is 0 Å². The first-order valence-electron chi connectivity index (χ1n) is 3.91. The zero-order valence-corrected chi connectivity index (χ0v) is 8.20. The Kier molecular flexibility index (Phi) is 3.54. The molecule has 0 spiro atoms. The lowest BCUT2D eigenvalue weighted by molar-refractivity contribution is 0.336. The minimum absolute atomic E-state index is 0.0806. The van der Waals surface area contributed by atoms with Gasteiger partial charge in [0.25, 0.3) is 10.1 Å². The Labute approximate surface area is 84.1 Å². The van der Waals surface area contributed by atoms with Crippen LogP contribution in [0.15, 0.2) is 24.3 Å². The van der Waals surface area contributed by atoms with Crippen LogP contribution in [0.3, 0.4) is 0 Å². The van der Waals surface area contributed by atoms with Gasteiger partial charge in [-0.2, -0.15) is 8.42 Å². The van der Waals surface area contributed by atoms with Crippen LogP contribution in [-0.2, 0) is 10.1 Å². The first kappa shape index (κ1) is 11.1. The van der Waals surface area contributed by atoms with Crippen molar-refractivity contribution in [2.45, 2.75) is 0 Å². The average Bonchev–Trinajstić information content (AvgIpc) is 2.06. The van der Waals surface area contributed by atoms with E-state index in [0.717, 1.165) is 0 Å². The third-order valence-corrected chi connectivity index (χ3v) is 2.17. The van der Waals surface area contributed by atoms with Crippen molar-refractivity contribution >= 4 is 23.4 Å². The molecule has 1 aromatic rings. The third kappa shape index (κ3) is 4.29. The molecule has 4 nitrogen and oxygen atoms in total. The van der Waals surface area contributed by atoms with Gasteiger partial charge in [-0.3, -0.25) is 4.55 Å². The zero-order valence-electron chi connectivity index (χ0n) is 7.38. The summed E-state index contributed by atoms with van der Waals surface area (Å²) < 4.78 is 34.1. The molecule has 0 aliphatic carbocycles. The highest BCUT2D eigenvalue weighted by Gasteiger charge is 2.03. The summed E-state index contributed by atoms with van der Waals surface area (Å²) in [6.07, 6.45) is 0. The van der Waals surface area contributed by atoms with Crippen LogP contribution >= 0.6 is 0 Å². The maximum atomic E-state index is 10.3. The summed E-state index contributed by atoms with van der Waals surface area (Å²) in [5.41, 5.74) is 0.604. The molecule has 0 saturated heterocycles. The summed E-state index contributed by atoms with van der Waals surface area (Å²) >= 11 is 0. The van der Waals surface area contributed by atoms with Gasteiger partial charge in [0.2, 0.25) is 0 Å². The zero-order chi connectivity index (χ0) is 10.6. The van der Waals surface area contributed by atoms with E-state index in [4.69, 9.17) is 17.1 Å². The van der Waals surface area contributed by atoms with Crippen LogP contribution in [0.25, 0.3) is 0 Å². The molecule has 1 rings (SSSR count). The van der Waals surface area contributed by atoms with Crippen molar-refractivity contribution in [1.82, 2.24) is 0 Å². The maximum Gasteiger partial charge on any atom is 0.268 e. The van der Waals surface area contributed by atoms with Crippen molar-refractivity contribution in [2.75, 3.05) is 12.4 Å². The highest BCUT2D eigenvalue weighted by molar-refractivity contribution is 7.85. The predicted octanol–water partition coefficient (Wildman–Crippen LogP) is -0.253. The normalized spacial score (nSPS) is 11.2. The number of hydrogen-bond donors (Lipinski definition) is 1.